The van der Waals surface area contributed by atoms with Gasteiger partial charge in [0.05, 0.1) is 6.04 Å². The lowest BCUT2D eigenvalue weighted by atomic mass is 10.00. The molecule has 0 radical (unpaired) electrons. The molecular weight excluding hydrogens is 508 g/mol. The number of hydrogen-bond acceptors (Lipinski definition) is 7. The number of nitrogens with two attached hydrogens (primary N) is 2. The highest BCUT2D eigenvalue weighted by molar-refractivity contribution is 7.80. The molecule has 0 aliphatic carbocycles. The van der Waals surface area contributed by atoms with E-state index in [4.69, 9.17) is 11.5 Å². The number of aromatic amines is 1. The molecule has 1 aromatic carbocycles. The zero-order valence-corrected chi connectivity index (χ0v) is 22.8. The first-order chi connectivity index (χ1) is 18.1. The predicted molar refractivity (Wildman–Crippen MR) is 150 cm³/mol. The summed E-state index contributed by atoms with van der Waals surface area (Å²) in [4.78, 5) is 53.9. The van der Waals surface area contributed by atoms with Crippen LogP contribution in [-0.4, -0.2) is 70.2 Å². The number of H-pyrrole nitrogens is 1. The topological polar surface area (TPSA) is 192 Å². The number of benzene rings is 1. The van der Waals surface area contributed by atoms with Crippen LogP contribution in [-0.2, 0) is 25.6 Å². The molecule has 38 heavy (non-hydrogen) atoms. The van der Waals surface area contributed by atoms with Crippen LogP contribution in [0, 0.1) is 5.92 Å². The number of aliphatic carboxylic acids is 1. The SMILES string of the molecule is CC(C)CC(NC(=O)C(N)CCCCN)C(=O)NC(Cc1c[nH]c2ccccc12)C(=O)NC(CS)C(=O)O. The van der Waals surface area contributed by atoms with Crippen molar-refractivity contribution in [2.24, 2.45) is 17.4 Å². The van der Waals surface area contributed by atoms with Gasteiger partial charge in [0.15, 0.2) is 0 Å². The van der Waals surface area contributed by atoms with Crippen molar-refractivity contribution in [2.75, 3.05) is 12.3 Å². The molecular formula is C26H40N6O5S. The third-order valence-electron chi connectivity index (χ3n) is 6.18. The fraction of sp³-hybridized carbons (Fsp3) is 0.538. The lowest BCUT2D eigenvalue weighted by molar-refractivity contribution is -0.141. The van der Waals surface area contributed by atoms with Crippen LogP contribution in [0.5, 0.6) is 0 Å². The third kappa shape index (κ3) is 9.34. The number of unbranched alkanes of at least 4 members (excludes halogenated alkanes) is 1. The molecule has 1 aromatic heterocycles. The van der Waals surface area contributed by atoms with Gasteiger partial charge in [0.2, 0.25) is 17.7 Å². The van der Waals surface area contributed by atoms with Gasteiger partial charge in [-0.3, -0.25) is 14.4 Å². The first-order valence-corrected chi connectivity index (χ1v) is 13.5. The third-order valence-corrected chi connectivity index (χ3v) is 6.54. The summed E-state index contributed by atoms with van der Waals surface area (Å²) < 4.78 is 0. The van der Waals surface area contributed by atoms with E-state index in [2.05, 4.69) is 33.6 Å². The van der Waals surface area contributed by atoms with Gasteiger partial charge in [0, 0.05) is 29.3 Å². The molecule has 11 nitrogen and oxygen atoms in total. The van der Waals surface area contributed by atoms with Crippen molar-refractivity contribution in [3.63, 3.8) is 0 Å². The summed E-state index contributed by atoms with van der Waals surface area (Å²) in [5, 5.41) is 18.2. The molecule has 9 N–H and O–H groups in total. The molecule has 12 heteroatoms. The number of rotatable bonds is 16. The number of carboxylic acids is 1. The van der Waals surface area contributed by atoms with E-state index in [0.29, 0.717) is 25.8 Å². The Hall–Kier alpha value is -3.09. The summed E-state index contributed by atoms with van der Waals surface area (Å²) in [6.07, 6.45) is 4.04. The number of carboxylic acid groups (broad SMARTS) is 1. The molecule has 2 aromatic rings. The average Bonchev–Trinajstić information content (AvgIpc) is 3.28. The molecule has 2 rings (SSSR count). The number of para-hydroxylation sites is 1. The molecule has 0 fully saturated rings. The van der Waals surface area contributed by atoms with E-state index in [9.17, 15) is 24.3 Å². The quantitative estimate of drug-likeness (QED) is 0.112. The highest BCUT2D eigenvalue weighted by atomic mass is 32.1. The summed E-state index contributed by atoms with van der Waals surface area (Å²) in [5.74, 6) is -2.98. The Balaban J connectivity index is 2.25. The molecule has 4 atom stereocenters. The van der Waals surface area contributed by atoms with Crippen LogP contribution in [0.4, 0.5) is 0 Å². The minimum atomic E-state index is -1.24. The van der Waals surface area contributed by atoms with Crippen LogP contribution < -0.4 is 27.4 Å². The first kappa shape index (κ1) is 31.1. The standard InChI is InChI=1S/C26H40N6O5S/c1-15(2)11-20(30-23(33)18(28)8-5-6-10-27)24(34)31-21(25(35)32-22(14-38)26(36)37)12-16-13-29-19-9-4-3-7-17(16)19/h3-4,7,9,13,15,18,20-22,29,38H,5-6,8,10-12,14,27-28H2,1-2H3,(H,30,33)(H,31,34)(H,32,35)(H,36,37). The number of fused-ring (bicyclic) bond motifs is 1. The summed E-state index contributed by atoms with van der Waals surface area (Å²) in [6.45, 7) is 4.32. The van der Waals surface area contributed by atoms with Crippen LogP contribution >= 0.6 is 12.6 Å². The number of thiol groups is 1. The monoisotopic (exact) mass is 548 g/mol. The minimum absolute atomic E-state index is 0.0565. The van der Waals surface area contributed by atoms with E-state index in [1.54, 1.807) is 6.20 Å². The molecule has 0 aliphatic rings. The van der Waals surface area contributed by atoms with Crippen molar-refractivity contribution in [1.82, 2.24) is 20.9 Å². The van der Waals surface area contributed by atoms with Gasteiger partial charge in [-0.05, 0) is 43.4 Å². The van der Waals surface area contributed by atoms with E-state index in [-0.39, 0.29) is 18.1 Å². The van der Waals surface area contributed by atoms with Crippen LogP contribution in [0.15, 0.2) is 30.5 Å². The summed E-state index contributed by atoms with van der Waals surface area (Å²) in [6, 6.07) is 3.46. The van der Waals surface area contributed by atoms with E-state index in [1.807, 2.05) is 38.1 Å². The molecule has 0 saturated heterocycles. The number of carbonyl (C=O) groups is 4. The molecule has 4 unspecified atom stereocenters. The van der Waals surface area contributed by atoms with E-state index in [0.717, 1.165) is 22.9 Å². The van der Waals surface area contributed by atoms with Crippen LogP contribution in [0.1, 0.15) is 45.1 Å². The van der Waals surface area contributed by atoms with E-state index >= 15 is 0 Å². The van der Waals surface area contributed by atoms with Gasteiger partial charge in [-0.15, -0.1) is 0 Å². The van der Waals surface area contributed by atoms with Crippen molar-refractivity contribution in [2.45, 2.75) is 70.1 Å². The Labute approximate surface area is 228 Å². The summed E-state index contributed by atoms with van der Waals surface area (Å²) in [5.41, 5.74) is 13.1. The lowest BCUT2D eigenvalue weighted by Crippen LogP contribution is -2.58. The second-order valence-electron chi connectivity index (χ2n) is 9.79. The first-order valence-electron chi connectivity index (χ1n) is 12.8. The summed E-state index contributed by atoms with van der Waals surface area (Å²) in [7, 11) is 0. The fourth-order valence-electron chi connectivity index (χ4n) is 4.08. The molecule has 0 spiro atoms. The van der Waals surface area contributed by atoms with Gasteiger partial charge in [-0.1, -0.05) is 38.5 Å². The Morgan fingerprint density at radius 2 is 1.61 bits per heavy atom. The largest absolute Gasteiger partial charge is 0.480 e. The Morgan fingerprint density at radius 3 is 2.24 bits per heavy atom. The van der Waals surface area contributed by atoms with Crippen molar-refractivity contribution in [3.8, 4) is 0 Å². The molecule has 210 valence electrons. The number of aromatic nitrogens is 1. The molecule has 3 amide bonds. The molecule has 0 aliphatic heterocycles. The lowest BCUT2D eigenvalue weighted by Gasteiger charge is -2.26. The zero-order chi connectivity index (χ0) is 28.2. The van der Waals surface area contributed by atoms with Crippen molar-refractivity contribution < 1.29 is 24.3 Å². The van der Waals surface area contributed by atoms with Gasteiger partial charge in [-0.25, -0.2) is 4.79 Å². The van der Waals surface area contributed by atoms with Crippen molar-refractivity contribution in [1.29, 1.82) is 0 Å². The van der Waals surface area contributed by atoms with Crippen molar-refractivity contribution >= 4 is 47.2 Å². The maximum atomic E-state index is 13.4. The Bertz CT molecular complexity index is 1090. The van der Waals surface area contributed by atoms with Crippen LogP contribution in [0.2, 0.25) is 0 Å². The number of hydrogen-bond donors (Lipinski definition) is 8. The average molecular weight is 549 g/mol. The zero-order valence-electron chi connectivity index (χ0n) is 21.9. The van der Waals surface area contributed by atoms with Crippen LogP contribution in [0.25, 0.3) is 10.9 Å². The van der Waals surface area contributed by atoms with Crippen molar-refractivity contribution in [3.05, 3.63) is 36.0 Å². The Morgan fingerprint density at radius 1 is 0.974 bits per heavy atom. The van der Waals surface area contributed by atoms with Gasteiger partial charge in [0.1, 0.15) is 18.1 Å². The van der Waals surface area contributed by atoms with E-state index in [1.165, 1.54) is 0 Å². The predicted octanol–water partition coefficient (Wildman–Crippen LogP) is 0.682. The smallest absolute Gasteiger partial charge is 0.327 e. The molecule has 0 saturated carbocycles. The molecule has 1 heterocycles. The van der Waals surface area contributed by atoms with E-state index < -0.39 is 47.9 Å². The normalized spacial score (nSPS) is 14.5. The van der Waals surface area contributed by atoms with Gasteiger partial charge in [-0.2, -0.15) is 12.6 Å². The second-order valence-corrected chi connectivity index (χ2v) is 10.2. The van der Waals surface area contributed by atoms with Gasteiger partial charge >= 0.3 is 5.97 Å². The second kappa shape index (κ2) is 15.4. The van der Waals surface area contributed by atoms with Crippen LogP contribution in [0.3, 0.4) is 0 Å². The number of amides is 3. The highest BCUT2D eigenvalue weighted by Gasteiger charge is 2.31. The molecule has 0 bridgehead atoms. The van der Waals surface area contributed by atoms with Gasteiger partial charge < -0.3 is 37.5 Å². The highest BCUT2D eigenvalue weighted by Crippen LogP contribution is 2.19. The maximum Gasteiger partial charge on any atom is 0.327 e. The van der Waals surface area contributed by atoms with Gasteiger partial charge in [0.25, 0.3) is 0 Å². The Kier molecular flexibility index (Phi) is 12.6. The minimum Gasteiger partial charge on any atom is -0.480 e. The maximum absolute atomic E-state index is 13.4. The number of nitrogens with one attached hydrogen (secondary N) is 4. The fourth-order valence-corrected chi connectivity index (χ4v) is 4.33. The summed E-state index contributed by atoms with van der Waals surface area (Å²) >= 11 is 4.01. The number of carbonyl (C=O) groups excluding carboxylic acids is 3.